The lowest BCUT2D eigenvalue weighted by atomic mass is 9.87. The van der Waals surface area contributed by atoms with Gasteiger partial charge in [-0.3, -0.25) is 4.79 Å². The summed E-state index contributed by atoms with van der Waals surface area (Å²) in [5.41, 5.74) is 2.08. The van der Waals surface area contributed by atoms with Gasteiger partial charge in [-0.1, -0.05) is 43.2 Å². The van der Waals surface area contributed by atoms with Crippen LogP contribution in [0, 0.1) is 0 Å². The second-order valence-electron chi connectivity index (χ2n) is 8.66. The SMILES string of the molecule is CN(C)c1cc(C(=O)N2C[C@@H](c3ccccc3)[C@H]3[C@H]2CCCCCN3C)ccn1. The third kappa shape index (κ3) is 4.01. The monoisotopic (exact) mass is 392 g/mol. The topological polar surface area (TPSA) is 39.7 Å². The van der Waals surface area contributed by atoms with Crippen LogP contribution < -0.4 is 4.90 Å². The minimum absolute atomic E-state index is 0.137. The van der Waals surface area contributed by atoms with E-state index in [1.807, 2.05) is 31.1 Å². The Kier molecular flexibility index (Phi) is 5.86. The molecule has 0 aliphatic carbocycles. The first-order valence-electron chi connectivity index (χ1n) is 10.8. The number of anilines is 1. The normalized spacial score (nSPS) is 25.2. The van der Waals surface area contributed by atoms with Crippen molar-refractivity contribution in [3.63, 3.8) is 0 Å². The number of benzene rings is 1. The fourth-order valence-electron chi connectivity index (χ4n) is 5.07. The summed E-state index contributed by atoms with van der Waals surface area (Å²) < 4.78 is 0. The molecule has 0 saturated carbocycles. The summed E-state index contributed by atoms with van der Waals surface area (Å²) in [5, 5.41) is 0. The molecule has 1 aromatic carbocycles. The molecule has 29 heavy (non-hydrogen) atoms. The summed E-state index contributed by atoms with van der Waals surface area (Å²) in [6.07, 6.45) is 6.50. The zero-order valence-electron chi connectivity index (χ0n) is 17.8. The number of likely N-dealkylation sites (N-methyl/N-ethyl adjacent to an activating group) is 1. The molecule has 0 bridgehead atoms. The van der Waals surface area contributed by atoms with Gasteiger partial charge in [-0.25, -0.2) is 4.98 Å². The maximum Gasteiger partial charge on any atom is 0.254 e. The van der Waals surface area contributed by atoms with Gasteiger partial charge in [-0.05, 0) is 44.1 Å². The van der Waals surface area contributed by atoms with Crippen LogP contribution in [0.3, 0.4) is 0 Å². The van der Waals surface area contributed by atoms with Gasteiger partial charge in [0.15, 0.2) is 0 Å². The molecule has 2 aliphatic rings. The Morgan fingerprint density at radius 3 is 2.66 bits per heavy atom. The van der Waals surface area contributed by atoms with Crippen LogP contribution in [0.15, 0.2) is 48.7 Å². The first-order chi connectivity index (χ1) is 14.1. The molecule has 0 radical (unpaired) electrons. The molecular weight excluding hydrogens is 360 g/mol. The Labute approximate surface area is 174 Å². The van der Waals surface area contributed by atoms with Gasteiger partial charge in [0.05, 0.1) is 0 Å². The third-order valence-corrected chi connectivity index (χ3v) is 6.56. The van der Waals surface area contributed by atoms with Gasteiger partial charge in [-0.15, -0.1) is 0 Å². The van der Waals surface area contributed by atoms with E-state index < -0.39 is 0 Å². The van der Waals surface area contributed by atoms with Crippen molar-refractivity contribution in [3.05, 3.63) is 59.8 Å². The average Bonchev–Trinajstić information content (AvgIpc) is 3.11. The van der Waals surface area contributed by atoms with E-state index in [9.17, 15) is 4.79 Å². The number of aromatic nitrogens is 1. The summed E-state index contributed by atoms with van der Waals surface area (Å²) in [7, 11) is 6.15. The Morgan fingerprint density at radius 1 is 1.10 bits per heavy atom. The van der Waals surface area contributed by atoms with Crippen molar-refractivity contribution in [2.75, 3.05) is 39.1 Å². The molecule has 2 aliphatic heterocycles. The molecule has 4 rings (SSSR count). The maximum absolute atomic E-state index is 13.6. The van der Waals surface area contributed by atoms with Gasteiger partial charge in [0.1, 0.15) is 5.82 Å². The van der Waals surface area contributed by atoms with Crippen molar-refractivity contribution in [1.29, 1.82) is 0 Å². The number of pyridine rings is 1. The Hall–Kier alpha value is -2.40. The molecular formula is C24H32N4O. The highest BCUT2D eigenvalue weighted by Crippen LogP contribution is 2.39. The van der Waals surface area contributed by atoms with Crippen LogP contribution in [-0.4, -0.2) is 67.0 Å². The number of fused-ring (bicyclic) bond motifs is 1. The van der Waals surface area contributed by atoms with Crippen molar-refractivity contribution in [3.8, 4) is 0 Å². The van der Waals surface area contributed by atoms with Crippen LogP contribution in [0.4, 0.5) is 5.82 Å². The lowest BCUT2D eigenvalue weighted by molar-refractivity contribution is 0.0669. The standard InChI is InChI=1S/C24H32N4O/c1-26(2)22-16-19(13-14-25-22)24(29)28-17-20(18-10-6-4-7-11-18)23-21(28)12-8-5-9-15-27(23)3/h4,6-7,10-11,13-14,16,20-21,23H,5,8-9,12,15,17H2,1-3H3/t20-,21+,23-/m0/s1. The van der Waals surface area contributed by atoms with Gasteiger partial charge in [-0.2, -0.15) is 0 Å². The van der Waals surface area contributed by atoms with Crippen LogP contribution in [0.1, 0.15) is 47.5 Å². The molecule has 1 amide bonds. The Bertz CT molecular complexity index is 838. The number of likely N-dealkylation sites (tertiary alicyclic amines) is 2. The molecule has 2 aromatic rings. The van der Waals surface area contributed by atoms with E-state index in [0.717, 1.165) is 30.9 Å². The molecule has 1 aromatic heterocycles. The van der Waals surface area contributed by atoms with Crippen molar-refractivity contribution < 1.29 is 4.79 Å². The van der Waals surface area contributed by atoms with Crippen LogP contribution in [0.2, 0.25) is 0 Å². The number of hydrogen-bond acceptors (Lipinski definition) is 4. The first-order valence-corrected chi connectivity index (χ1v) is 10.8. The average molecular weight is 393 g/mol. The Morgan fingerprint density at radius 2 is 1.90 bits per heavy atom. The van der Waals surface area contributed by atoms with E-state index in [4.69, 9.17) is 0 Å². The molecule has 5 heteroatoms. The molecule has 2 saturated heterocycles. The fraction of sp³-hybridized carbons (Fsp3) is 0.500. The quantitative estimate of drug-likeness (QED) is 0.800. The van der Waals surface area contributed by atoms with Crippen molar-refractivity contribution in [2.45, 2.75) is 43.7 Å². The number of amides is 1. The van der Waals surface area contributed by atoms with Gasteiger partial charge in [0.2, 0.25) is 0 Å². The fourth-order valence-corrected chi connectivity index (χ4v) is 5.07. The van der Waals surface area contributed by atoms with Crippen LogP contribution in [-0.2, 0) is 0 Å². The number of carbonyl (C=O) groups is 1. The molecule has 0 spiro atoms. The number of nitrogens with zero attached hydrogens (tertiary/aromatic N) is 4. The van der Waals surface area contributed by atoms with E-state index in [1.54, 1.807) is 6.20 Å². The molecule has 0 N–H and O–H groups in total. The molecule has 0 unspecified atom stereocenters. The molecule has 3 atom stereocenters. The minimum Gasteiger partial charge on any atom is -0.363 e. The van der Waals surface area contributed by atoms with Crippen molar-refractivity contribution >= 4 is 11.7 Å². The summed E-state index contributed by atoms with van der Waals surface area (Å²) in [6.45, 7) is 1.88. The first kappa shape index (κ1) is 19.9. The van der Waals surface area contributed by atoms with Crippen molar-refractivity contribution in [2.24, 2.45) is 0 Å². The highest BCUT2D eigenvalue weighted by Gasteiger charge is 2.46. The number of carbonyl (C=O) groups excluding carboxylic acids is 1. The number of hydrogen-bond donors (Lipinski definition) is 0. The molecule has 2 fully saturated rings. The predicted molar refractivity (Wildman–Crippen MR) is 117 cm³/mol. The van der Waals surface area contributed by atoms with Gasteiger partial charge < -0.3 is 14.7 Å². The molecule has 5 nitrogen and oxygen atoms in total. The van der Waals surface area contributed by atoms with Gasteiger partial charge in [0, 0.05) is 50.4 Å². The third-order valence-electron chi connectivity index (χ3n) is 6.56. The molecule has 3 heterocycles. The largest absolute Gasteiger partial charge is 0.363 e. The summed E-state index contributed by atoms with van der Waals surface area (Å²) in [6, 6.07) is 15.1. The van der Waals surface area contributed by atoms with Gasteiger partial charge in [0.25, 0.3) is 5.91 Å². The predicted octanol–water partition coefficient (Wildman–Crippen LogP) is 3.63. The second-order valence-corrected chi connectivity index (χ2v) is 8.66. The van der Waals surface area contributed by atoms with Crippen LogP contribution in [0.5, 0.6) is 0 Å². The van der Waals surface area contributed by atoms with Crippen LogP contribution in [0.25, 0.3) is 0 Å². The Balaban J connectivity index is 1.69. The van der Waals surface area contributed by atoms with Crippen molar-refractivity contribution in [1.82, 2.24) is 14.8 Å². The lowest BCUT2D eigenvalue weighted by Gasteiger charge is -2.37. The van der Waals surface area contributed by atoms with Crippen LogP contribution >= 0.6 is 0 Å². The summed E-state index contributed by atoms with van der Waals surface area (Å²) >= 11 is 0. The van der Waals surface area contributed by atoms with E-state index in [1.165, 1.54) is 24.8 Å². The summed E-state index contributed by atoms with van der Waals surface area (Å²) in [5.74, 6) is 1.31. The summed E-state index contributed by atoms with van der Waals surface area (Å²) in [4.78, 5) is 24.6. The van der Waals surface area contributed by atoms with E-state index in [-0.39, 0.29) is 11.9 Å². The smallest absolute Gasteiger partial charge is 0.254 e. The minimum atomic E-state index is 0.137. The van der Waals surface area contributed by atoms with E-state index in [0.29, 0.717) is 12.0 Å². The zero-order valence-corrected chi connectivity index (χ0v) is 17.8. The second kappa shape index (κ2) is 8.54. The lowest BCUT2D eigenvalue weighted by Crippen LogP contribution is -2.47. The maximum atomic E-state index is 13.6. The van der Waals surface area contributed by atoms with E-state index in [2.05, 4.69) is 52.2 Å². The van der Waals surface area contributed by atoms with Gasteiger partial charge >= 0.3 is 0 Å². The van der Waals surface area contributed by atoms with E-state index >= 15 is 0 Å². The highest BCUT2D eigenvalue weighted by molar-refractivity contribution is 5.95. The number of rotatable bonds is 3. The highest BCUT2D eigenvalue weighted by atomic mass is 16.2. The molecule has 154 valence electrons. The zero-order chi connectivity index (χ0) is 20.4.